The first-order chi connectivity index (χ1) is 9.70. The van der Waals surface area contributed by atoms with Gasteiger partial charge < -0.3 is 5.32 Å². The Morgan fingerprint density at radius 3 is 2.95 bits per heavy atom. The standard InChI is InChI=1S/C14H19N3OS2/c1-3-4-5-11-13(20-10(2)17-11)14(18)16-7-6-12-15-8-9-19-12/h8-9H,3-7H2,1-2H3,(H,16,18). The maximum atomic E-state index is 12.2. The summed E-state index contributed by atoms with van der Waals surface area (Å²) in [6.45, 7) is 4.72. The highest BCUT2D eigenvalue weighted by molar-refractivity contribution is 7.13. The molecule has 0 saturated heterocycles. The molecule has 0 aliphatic rings. The Morgan fingerprint density at radius 1 is 1.40 bits per heavy atom. The van der Waals surface area contributed by atoms with E-state index in [-0.39, 0.29) is 5.91 Å². The molecule has 0 saturated carbocycles. The van der Waals surface area contributed by atoms with Crippen LogP contribution >= 0.6 is 22.7 Å². The minimum Gasteiger partial charge on any atom is -0.351 e. The summed E-state index contributed by atoms with van der Waals surface area (Å²) in [4.78, 5) is 21.7. The molecule has 0 atom stereocenters. The molecular formula is C14H19N3OS2. The number of thiazole rings is 2. The van der Waals surface area contributed by atoms with Crippen LogP contribution in [0.4, 0.5) is 0 Å². The number of amides is 1. The highest BCUT2D eigenvalue weighted by atomic mass is 32.1. The van der Waals surface area contributed by atoms with Crippen LogP contribution in [-0.4, -0.2) is 22.4 Å². The highest BCUT2D eigenvalue weighted by Crippen LogP contribution is 2.19. The molecule has 108 valence electrons. The van der Waals surface area contributed by atoms with E-state index < -0.39 is 0 Å². The van der Waals surface area contributed by atoms with E-state index in [1.165, 1.54) is 11.3 Å². The number of unbranched alkanes of at least 4 members (excludes halogenated alkanes) is 1. The molecule has 0 spiro atoms. The van der Waals surface area contributed by atoms with Gasteiger partial charge in [0.05, 0.1) is 15.7 Å². The Labute approximate surface area is 127 Å². The lowest BCUT2D eigenvalue weighted by Crippen LogP contribution is -2.25. The van der Waals surface area contributed by atoms with Crippen molar-refractivity contribution in [2.75, 3.05) is 6.54 Å². The van der Waals surface area contributed by atoms with Crippen molar-refractivity contribution < 1.29 is 4.79 Å². The molecule has 0 unspecified atom stereocenters. The van der Waals surface area contributed by atoms with Crippen LogP contribution in [0.15, 0.2) is 11.6 Å². The van der Waals surface area contributed by atoms with Crippen molar-refractivity contribution in [2.24, 2.45) is 0 Å². The average molecular weight is 309 g/mol. The van der Waals surface area contributed by atoms with Crippen LogP contribution in [0.5, 0.6) is 0 Å². The van der Waals surface area contributed by atoms with Crippen LogP contribution < -0.4 is 5.32 Å². The summed E-state index contributed by atoms with van der Waals surface area (Å²) in [6.07, 6.45) is 5.64. The zero-order valence-corrected chi connectivity index (χ0v) is 13.4. The van der Waals surface area contributed by atoms with Crippen molar-refractivity contribution in [1.82, 2.24) is 15.3 Å². The van der Waals surface area contributed by atoms with Gasteiger partial charge >= 0.3 is 0 Å². The Hall–Kier alpha value is -1.27. The zero-order chi connectivity index (χ0) is 14.4. The predicted octanol–water partition coefficient (Wildman–Crippen LogP) is 3.22. The third-order valence-electron chi connectivity index (χ3n) is 2.89. The fraction of sp³-hybridized carbons (Fsp3) is 0.500. The molecule has 2 aromatic rings. The van der Waals surface area contributed by atoms with Gasteiger partial charge in [0.2, 0.25) is 0 Å². The first-order valence-electron chi connectivity index (χ1n) is 6.83. The summed E-state index contributed by atoms with van der Waals surface area (Å²) in [7, 11) is 0. The molecule has 0 aliphatic carbocycles. The molecule has 0 aromatic carbocycles. The summed E-state index contributed by atoms with van der Waals surface area (Å²) in [6, 6.07) is 0. The van der Waals surface area contributed by atoms with Gasteiger partial charge in [0.25, 0.3) is 5.91 Å². The van der Waals surface area contributed by atoms with Crippen LogP contribution in [0.25, 0.3) is 0 Å². The fourth-order valence-electron chi connectivity index (χ4n) is 1.90. The predicted molar refractivity (Wildman–Crippen MR) is 83.6 cm³/mol. The number of hydrogen-bond donors (Lipinski definition) is 1. The summed E-state index contributed by atoms with van der Waals surface area (Å²) in [5.74, 6) is -0.00161. The Morgan fingerprint density at radius 2 is 2.25 bits per heavy atom. The second-order valence-corrected chi connectivity index (χ2v) is 6.73. The van der Waals surface area contributed by atoms with Gasteiger partial charge in [0.15, 0.2) is 0 Å². The summed E-state index contributed by atoms with van der Waals surface area (Å²) >= 11 is 3.10. The van der Waals surface area contributed by atoms with E-state index in [1.807, 2.05) is 12.3 Å². The average Bonchev–Trinajstić information content (AvgIpc) is 3.05. The van der Waals surface area contributed by atoms with Crippen LogP contribution in [0, 0.1) is 6.92 Å². The maximum absolute atomic E-state index is 12.2. The summed E-state index contributed by atoms with van der Waals surface area (Å²) < 4.78 is 0. The van der Waals surface area contributed by atoms with Gasteiger partial charge in [-0.3, -0.25) is 4.79 Å². The number of aryl methyl sites for hydroxylation is 2. The third-order valence-corrected chi connectivity index (χ3v) is 4.74. The molecule has 2 heterocycles. The zero-order valence-electron chi connectivity index (χ0n) is 11.8. The number of nitrogens with zero attached hydrogens (tertiary/aromatic N) is 2. The van der Waals surface area contributed by atoms with Crippen molar-refractivity contribution in [3.05, 3.63) is 32.2 Å². The first kappa shape index (κ1) is 15.1. The van der Waals surface area contributed by atoms with Crippen molar-refractivity contribution in [2.45, 2.75) is 39.5 Å². The molecule has 0 radical (unpaired) electrons. The van der Waals surface area contributed by atoms with Crippen LogP contribution in [-0.2, 0) is 12.8 Å². The normalized spacial score (nSPS) is 10.7. The van der Waals surface area contributed by atoms with Crippen LogP contribution in [0.2, 0.25) is 0 Å². The lowest BCUT2D eigenvalue weighted by atomic mass is 10.2. The molecule has 20 heavy (non-hydrogen) atoms. The van der Waals surface area contributed by atoms with Crippen molar-refractivity contribution in [3.63, 3.8) is 0 Å². The van der Waals surface area contributed by atoms with Gasteiger partial charge in [0.1, 0.15) is 4.88 Å². The molecule has 4 nitrogen and oxygen atoms in total. The molecule has 2 rings (SSSR count). The molecule has 6 heteroatoms. The van der Waals surface area contributed by atoms with Gasteiger partial charge in [-0.05, 0) is 19.8 Å². The quantitative estimate of drug-likeness (QED) is 0.854. The number of hydrogen-bond acceptors (Lipinski definition) is 5. The molecule has 0 bridgehead atoms. The smallest absolute Gasteiger partial charge is 0.263 e. The van der Waals surface area contributed by atoms with Crippen molar-refractivity contribution in [3.8, 4) is 0 Å². The molecule has 1 amide bonds. The lowest BCUT2D eigenvalue weighted by molar-refractivity contribution is 0.0957. The number of rotatable bonds is 7. The molecular weight excluding hydrogens is 290 g/mol. The second-order valence-electron chi connectivity index (χ2n) is 4.54. The highest BCUT2D eigenvalue weighted by Gasteiger charge is 2.15. The van der Waals surface area contributed by atoms with E-state index in [1.54, 1.807) is 17.5 Å². The van der Waals surface area contributed by atoms with Crippen molar-refractivity contribution >= 4 is 28.6 Å². The van der Waals surface area contributed by atoms with E-state index in [0.29, 0.717) is 6.54 Å². The summed E-state index contributed by atoms with van der Waals surface area (Å²) in [5, 5.41) is 6.93. The largest absolute Gasteiger partial charge is 0.351 e. The summed E-state index contributed by atoms with van der Waals surface area (Å²) in [5.41, 5.74) is 0.945. The van der Waals surface area contributed by atoms with E-state index >= 15 is 0 Å². The second kappa shape index (κ2) is 7.50. The van der Waals surface area contributed by atoms with E-state index in [0.717, 1.165) is 46.3 Å². The molecule has 2 aromatic heterocycles. The number of nitrogens with one attached hydrogen (secondary N) is 1. The molecule has 0 fully saturated rings. The molecule has 1 N–H and O–H groups in total. The third kappa shape index (κ3) is 4.11. The SMILES string of the molecule is CCCCc1nc(C)sc1C(=O)NCCc1nccs1. The monoisotopic (exact) mass is 309 g/mol. The Kier molecular flexibility index (Phi) is 5.67. The van der Waals surface area contributed by atoms with Gasteiger partial charge in [-0.2, -0.15) is 0 Å². The number of carbonyl (C=O) groups is 1. The van der Waals surface area contributed by atoms with Gasteiger partial charge in [-0.1, -0.05) is 13.3 Å². The van der Waals surface area contributed by atoms with E-state index in [2.05, 4.69) is 22.2 Å². The van der Waals surface area contributed by atoms with Gasteiger partial charge in [0, 0.05) is 24.5 Å². The number of aromatic nitrogens is 2. The van der Waals surface area contributed by atoms with E-state index in [9.17, 15) is 4.79 Å². The molecule has 0 aliphatic heterocycles. The van der Waals surface area contributed by atoms with Crippen molar-refractivity contribution in [1.29, 1.82) is 0 Å². The van der Waals surface area contributed by atoms with Gasteiger partial charge in [-0.25, -0.2) is 9.97 Å². The number of carbonyl (C=O) groups excluding carboxylic acids is 1. The minimum atomic E-state index is -0.00161. The van der Waals surface area contributed by atoms with Crippen LogP contribution in [0.1, 0.15) is 45.1 Å². The van der Waals surface area contributed by atoms with E-state index in [4.69, 9.17) is 0 Å². The lowest BCUT2D eigenvalue weighted by Gasteiger charge is -2.04. The first-order valence-corrected chi connectivity index (χ1v) is 8.53. The topological polar surface area (TPSA) is 54.9 Å². The fourth-order valence-corrected chi connectivity index (χ4v) is 3.40. The Bertz CT molecular complexity index is 549. The maximum Gasteiger partial charge on any atom is 0.263 e. The van der Waals surface area contributed by atoms with Gasteiger partial charge in [-0.15, -0.1) is 22.7 Å². The minimum absolute atomic E-state index is 0.00161. The van der Waals surface area contributed by atoms with Crippen LogP contribution in [0.3, 0.4) is 0 Å². The Balaban J connectivity index is 1.91.